The number of hydrogen-bond acceptors (Lipinski definition) is 4. The maximum Gasteiger partial charge on any atom is 0.251 e. The first-order valence-corrected chi connectivity index (χ1v) is 8.61. The SMILES string of the molecule is CC(C)Oc1ccc(C(=O)NCC(C)(O)c2cc3ccccc3o2)cc1. The Hall–Kier alpha value is -2.79. The van der Waals surface area contributed by atoms with Crippen LogP contribution in [0.25, 0.3) is 11.0 Å². The van der Waals surface area contributed by atoms with Gasteiger partial charge in [0.2, 0.25) is 0 Å². The Kier molecular flexibility index (Phi) is 5.00. The number of aliphatic hydroxyl groups is 1. The largest absolute Gasteiger partial charge is 0.491 e. The standard InChI is InChI=1S/C21H23NO4/c1-14(2)25-17-10-8-15(9-11-17)20(23)22-13-21(3,24)19-12-16-6-4-5-7-18(16)26-19/h4-12,14,24H,13H2,1-3H3,(H,22,23). The van der Waals surface area contributed by atoms with Crippen LogP contribution in [0.4, 0.5) is 0 Å². The summed E-state index contributed by atoms with van der Waals surface area (Å²) < 4.78 is 11.3. The first-order valence-electron chi connectivity index (χ1n) is 8.61. The first kappa shape index (κ1) is 18.0. The summed E-state index contributed by atoms with van der Waals surface area (Å²) in [7, 11) is 0. The molecule has 0 saturated heterocycles. The first-order chi connectivity index (χ1) is 12.3. The Morgan fingerprint density at radius 3 is 2.54 bits per heavy atom. The number of para-hydroxylation sites is 1. The van der Waals surface area contributed by atoms with Gasteiger partial charge in [-0.2, -0.15) is 0 Å². The highest BCUT2D eigenvalue weighted by Gasteiger charge is 2.28. The third-order valence-electron chi connectivity index (χ3n) is 4.04. The predicted octanol–water partition coefficient (Wildman–Crippen LogP) is 3.86. The lowest BCUT2D eigenvalue weighted by Crippen LogP contribution is -2.38. The van der Waals surface area contributed by atoms with Gasteiger partial charge in [-0.3, -0.25) is 4.79 Å². The fraction of sp³-hybridized carbons (Fsp3) is 0.286. The topological polar surface area (TPSA) is 71.7 Å². The van der Waals surface area contributed by atoms with Gasteiger partial charge < -0.3 is 19.6 Å². The maximum atomic E-state index is 12.3. The van der Waals surface area contributed by atoms with Gasteiger partial charge in [-0.05, 0) is 57.2 Å². The molecule has 0 radical (unpaired) electrons. The lowest BCUT2D eigenvalue weighted by Gasteiger charge is -2.21. The average Bonchev–Trinajstić information content (AvgIpc) is 3.05. The molecule has 2 N–H and O–H groups in total. The van der Waals surface area contributed by atoms with E-state index in [-0.39, 0.29) is 18.6 Å². The van der Waals surface area contributed by atoms with Gasteiger partial charge in [0.15, 0.2) is 0 Å². The molecule has 0 aliphatic carbocycles. The van der Waals surface area contributed by atoms with E-state index in [1.807, 2.05) is 38.1 Å². The molecule has 3 rings (SSSR count). The normalized spacial score (nSPS) is 13.6. The lowest BCUT2D eigenvalue weighted by molar-refractivity contribution is 0.0344. The van der Waals surface area contributed by atoms with E-state index >= 15 is 0 Å². The molecule has 1 unspecified atom stereocenters. The molecule has 26 heavy (non-hydrogen) atoms. The Balaban J connectivity index is 1.65. The summed E-state index contributed by atoms with van der Waals surface area (Å²) in [5.41, 5.74) is -0.105. The zero-order valence-corrected chi connectivity index (χ0v) is 15.2. The summed E-state index contributed by atoms with van der Waals surface area (Å²) in [5.74, 6) is 0.864. The monoisotopic (exact) mass is 353 g/mol. The molecule has 5 heteroatoms. The maximum absolute atomic E-state index is 12.3. The molecule has 1 heterocycles. The Morgan fingerprint density at radius 2 is 1.88 bits per heavy atom. The smallest absolute Gasteiger partial charge is 0.251 e. The molecule has 1 amide bonds. The van der Waals surface area contributed by atoms with Crippen LogP contribution in [0.1, 0.15) is 36.9 Å². The van der Waals surface area contributed by atoms with Gasteiger partial charge in [0, 0.05) is 10.9 Å². The third kappa shape index (κ3) is 4.06. The number of furan rings is 1. The minimum Gasteiger partial charge on any atom is -0.491 e. The highest BCUT2D eigenvalue weighted by atomic mass is 16.5. The number of ether oxygens (including phenoxy) is 1. The van der Waals surface area contributed by atoms with E-state index in [9.17, 15) is 9.90 Å². The molecule has 0 spiro atoms. The zero-order valence-electron chi connectivity index (χ0n) is 15.2. The average molecular weight is 353 g/mol. The molecule has 1 aromatic heterocycles. The van der Waals surface area contributed by atoms with Crippen LogP contribution in [0.2, 0.25) is 0 Å². The summed E-state index contributed by atoms with van der Waals surface area (Å²) >= 11 is 0. The van der Waals surface area contributed by atoms with E-state index in [1.54, 1.807) is 37.3 Å². The number of fused-ring (bicyclic) bond motifs is 1. The molecule has 2 aromatic carbocycles. The lowest BCUT2D eigenvalue weighted by atomic mass is 10.0. The summed E-state index contributed by atoms with van der Waals surface area (Å²) in [6.07, 6.45) is 0.0774. The number of carbonyl (C=O) groups excluding carboxylic acids is 1. The van der Waals surface area contributed by atoms with E-state index in [0.29, 0.717) is 22.7 Å². The highest BCUT2D eigenvalue weighted by Crippen LogP contribution is 2.27. The zero-order chi connectivity index (χ0) is 18.7. The fourth-order valence-electron chi connectivity index (χ4n) is 2.65. The van der Waals surface area contributed by atoms with Gasteiger partial charge >= 0.3 is 0 Å². The molecular formula is C21H23NO4. The minimum atomic E-state index is -1.31. The molecular weight excluding hydrogens is 330 g/mol. The van der Waals surface area contributed by atoms with Crippen molar-refractivity contribution >= 4 is 16.9 Å². The Morgan fingerprint density at radius 1 is 1.19 bits per heavy atom. The van der Waals surface area contributed by atoms with Gasteiger partial charge in [0.05, 0.1) is 12.6 Å². The van der Waals surface area contributed by atoms with Crippen molar-refractivity contribution in [3.05, 3.63) is 65.9 Å². The van der Waals surface area contributed by atoms with Crippen LogP contribution in [0.3, 0.4) is 0 Å². The van der Waals surface area contributed by atoms with E-state index < -0.39 is 5.60 Å². The number of amides is 1. The third-order valence-corrected chi connectivity index (χ3v) is 4.04. The number of nitrogens with one attached hydrogen (secondary N) is 1. The summed E-state index contributed by atoms with van der Waals surface area (Å²) in [6, 6.07) is 16.2. The van der Waals surface area contributed by atoms with Gasteiger partial charge in [-0.25, -0.2) is 0 Å². The van der Waals surface area contributed by atoms with Crippen LogP contribution < -0.4 is 10.1 Å². The molecule has 0 fully saturated rings. The molecule has 3 aromatic rings. The molecule has 1 atom stereocenters. The number of rotatable bonds is 6. The van der Waals surface area contributed by atoms with Crippen molar-refractivity contribution in [2.45, 2.75) is 32.5 Å². The van der Waals surface area contributed by atoms with Crippen LogP contribution in [0.5, 0.6) is 5.75 Å². The van der Waals surface area contributed by atoms with Crippen molar-refractivity contribution in [3.63, 3.8) is 0 Å². The fourth-order valence-corrected chi connectivity index (χ4v) is 2.65. The number of hydrogen-bond donors (Lipinski definition) is 2. The van der Waals surface area contributed by atoms with Crippen LogP contribution in [-0.2, 0) is 5.60 Å². The highest BCUT2D eigenvalue weighted by molar-refractivity contribution is 5.94. The molecule has 5 nitrogen and oxygen atoms in total. The van der Waals surface area contributed by atoms with Crippen molar-refractivity contribution in [1.82, 2.24) is 5.32 Å². The minimum absolute atomic E-state index is 0.0376. The van der Waals surface area contributed by atoms with Crippen molar-refractivity contribution in [2.75, 3.05) is 6.54 Å². The Bertz CT molecular complexity index is 861. The number of benzene rings is 2. The van der Waals surface area contributed by atoms with Gasteiger partial charge in [-0.15, -0.1) is 0 Å². The van der Waals surface area contributed by atoms with E-state index in [1.165, 1.54) is 0 Å². The second kappa shape index (κ2) is 7.22. The molecule has 0 aliphatic heterocycles. The Labute approximate surface area is 152 Å². The van der Waals surface area contributed by atoms with Crippen LogP contribution in [0.15, 0.2) is 59.0 Å². The predicted molar refractivity (Wildman–Crippen MR) is 100 cm³/mol. The van der Waals surface area contributed by atoms with Crippen LogP contribution in [0, 0.1) is 0 Å². The quantitative estimate of drug-likeness (QED) is 0.706. The second-order valence-corrected chi connectivity index (χ2v) is 6.80. The molecule has 0 bridgehead atoms. The summed E-state index contributed by atoms with van der Waals surface area (Å²) in [6.45, 7) is 5.54. The van der Waals surface area contributed by atoms with Gasteiger partial charge in [0.25, 0.3) is 5.91 Å². The molecule has 0 aliphatic rings. The van der Waals surface area contributed by atoms with Crippen LogP contribution >= 0.6 is 0 Å². The van der Waals surface area contributed by atoms with Crippen molar-refractivity contribution in [2.24, 2.45) is 0 Å². The van der Waals surface area contributed by atoms with Crippen molar-refractivity contribution in [3.8, 4) is 5.75 Å². The molecule has 136 valence electrons. The van der Waals surface area contributed by atoms with E-state index in [4.69, 9.17) is 9.15 Å². The second-order valence-electron chi connectivity index (χ2n) is 6.80. The number of carbonyl (C=O) groups is 1. The van der Waals surface area contributed by atoms with Gasteiger partial charge in [0.1, 0.15) is 22.7 Å². The summed E-state index contributed by atoms with van der Waals surface area (Å²) in [5, 5.41) is 14.4. The van der Waals surface area contributed by atoms with E-state index in [2.05, 4.69) is 5.32 Å². The van der Waals surface area contributed by atoms with Crippen molar-refractivity contribution < 1.29 is 19.1 Å². The summed E-state index contributed by atoms with van der Waals surface area (Å²) in [4.78, 5) is 12.3. The van der Waals surface area contributed by atoms with E-state index in [0.717, 1.165) is 5.39 Å². The van der Waals surface area contributed by atoms with Crippen molar-refractivity contribution in [1.29, 1.82) is 0 Å². The van der Waals surface area contributed by atoms with Crippen LogP contribution in [-0.4, -0.2) is 23.7 Å². The van der Waals surface area contributed by atoms with Gasteiger partial charge in [-0.1, -0.05) is 18.2 Å². The molecule has 0 saturated carbocycles.